The molecule has 1 aromatic rings. The van der Waals surface area contributed by atoms with Gasteiger partial charge in [-0.15, -0.1) is 0 Å². The number of anilines is 1. The van der Waals surface area contributed by atoms with E-state index in [1.54, 1.807) is 12.4 Å². The summed E-state index contributed by atoms with van der Waals surface area (Å²) < 4.78 is 6.14. The number of rotatable bonds is 1. The molecule has 0 N–H and O–H groups in total. The first-order chi connectivity index (χ1) is 9.81. The van der Waals surface area contributed by atoms with Gasteiger partial charge in [0.1, 0.15) is 11.9 Å². The first kappa shape index (κ1) is 13.3. The van der Waals surface area contributed by atoms with Crippen LogP contribution in [-0.4, -0.2) is 35.3 Å². The number of nitrogens with zero attached hydrogens (tertiary/aromatic N) is 4. The van der Waals surface area contributed by atoms with Crippen LogP contribution in [0.1, 0.15) is 44.2 Å². The number of aromatic nitrogens is 2. The summed E-state index contributed by atoms with van der Waals surface area (Å²) in [7, 11) is 0. The van der Waals surface area contributed by atoms with Crippen LogP contribution in [0.5, 0.6) is 0 Å². The predicted octanol–water partition coefficient (Wildman–Crippen LogP) is 2.28. The van der Waals surface area contributed by atoms with Crippen molar-refractivity contribution in [1.82, 2.24) is 9.97 Å². The summed E-state index contributed by atoms with van der Waals surface area (Å²) >= 11 is 0. The van der Waals surface area contributed by atoms with Crippen LogP contribution in [0.15, 0.2) is 12.4 Å². The maximum atomic E-state index is 8.78. The Labute approximate surface area is 119 Å². The molecule has 1 spiro atoms. The van der Waals surface area contributed by atoms with Gasteiger partial charge in [-0.3, -0.25) is 0 Å². The molecule has 0 amide bonds. The molecule has 0 bridgehead atoms. The van der Waals surface area contributed by atoms with Crippen molar-refractivity contribution in [2.75, 3.05) is 24.6 Å². The van der Waals surface area contributed by atoms with E-state index in [1.165, 1.54) is 25.7 Å². The lowest BCUT2D eigenvalue weighted by Crippen LogP contribution is -2.52. The first-order valence-electron chi connectivity index (χ1n) is 7.42. The van der Waals surface area contributed by atoms with E-state index in [-0.39, 0.29) is 5.60 Å². The van der Waals surface area contributed by atoms with Crippen molar-refractivity contribution in [3.63, 3.8) is 0 Å². The highest BCUT2D eigenvalue weighted by molar-refractivity contribution is 5.38. The Balaban J connectivity index is 1.75. The molecule has 1 saturated carbocycles. The van der Waals surface area contributed by atoms with Crippen LogP contribution in [0.4, 0.5) is 5.82 Å². The average molecular weight is 272 g/mol. The van der Waals surface area contributed by atoms with Gasteiger partial charge in [-0.25, -0.2) is 9.97 Å². The predicted molar refractivity (Wildman–Crippen MR) is 75.3 cm³/mol. The van der Waals surface area contributed by atoms with E-state index in [0.717, 1.165) is 38.4 Å². The molecule has 1 aliphatic carbocycles. The van der Waals surface area contributed by atoms with Crippen LogP contribution in [0, 0.1) is 11.3 Å². The van der Waals surface area contributed by atoms with Crippen LogP contribution in [-0.2, 0) is 4.74 Å². The smallest absolute Gasteiger partial charge is 0.158 e. The number of hydrogen-bond acceptors (Lipinski definition) is 5. The Morgan fingerprint density at radius 2 is 1.95 bits per heavy atom. The molecule has 1 aromatic heterocycles. The fourth-order valence-electron chi connectivity index (χ4n) is 3.26. The van der Waals surface area contributed by atoms with Crippen LogP contribution < -0.4 is 4.90 Å². The van der Waals surface area contributed by atoms with Crippen molar-refractivity contribution < 1.29 is 4.74 Å². The lowest BCUT2D eigenvalue weighted by Gasteiger charge is -2.43. The van der Waals surface area contributed by atoms with E-state index in [4.69, 9.17) is 10.00 Å². The minimum atomic E-state index is 0.00430. The summed E-state index contributed by atoms with van der Waals surface area (Å²) in [5, 5.41) is 8.78. The standard InChI is InChI=1S/C15H20N4O/c16-9-13-10-18-14(11-17-13)19-7-8-20-15(12-19)5-3-1-2-4-6-15/h10-11H,1-8,12H2. The normalized spacial score (nSPS) is 22.2. The molecule has 20 heavy (non-hydrogen) atoms. The van der Waals surface area contributed by atoms with Gasteiger partial charge in [0.05, 0.1) is 24.6 Å². The first-order valence-corrected chi connectivity index (χ1v) is 7.42. The number of morpholine rings is 1. The van der Waals surface area contributed by atoms with Crippen LogP contribution in [0.2, 0.25) is 0 Å². The molecular weight excluding hydrogens is 252 g/mol. The average Bonchev–Trinajstić information content (AvgIpc) is 2.73. The van der Waals surface area contributed by atoms with E-state index in [2.05, 4.69) is 14.9 Å². The lowest BCUT2D eigenvalue weighted by atomic mass is 9.92. The third kappa shape index (κ3) is 2.75. The molecule has 2 fully saturated rings. The van der Waals surface area contributed by atoms with Gasteiger partial charge >= 0.3 is 0 Å². The highest BCUT2D eigenvalue weighted by atomic mass is 16.5. The van der Waals surface area contributed by atoms with Gasteiger partial charge in [-0.2, -0.15) is 5.26 Å². The molecular formula is C15H20N4O. The molecule has 106 valence electrons. The van der Waals surface area contributed by atoms with Gasteiger partial charge in [0.15, 0.2) is 5.69 Å². The summed E-state index contributed by atoms with van der Waals surface area (Å²) in [5.74, 6) is 0.857. The van der Waals surface area contributed by atoms with E-state index in [1.807, 2.05) is 6.07 Å². The molecule has 0 aromatic carbocycles. The molecule has 0 atom stereocenters. The Morgan fingerprint density at radius 1 is 1.15 bits per heavy atom. The summed E-state index contributed by atoms with van der Waals surface area (Å²) in [6, 6.07) is 2.01. The van der Waals surface area contributed by atoms with Gasteiger partial charge < -0.3 is 9.64 Å². The molecule has 1 aliphatic heterocycles. The quantitative estimate of drug-likeness (QED) is 0.785. The maximum Gasteiger partial charge on any atom is 0.158 e. The summed E-state index contributed by atoms with van der Waals surface area (Å²) in [6.45, 7) is 2.50. The summed E-state index contributed by atoms with van der Waals surface area (Å²) in [5.41, 5.74) is 0.371. The van der Waals surface area contributed by atoms with Gasteiger partial charge in [0, 0.05) is 13.1 Å². The largest absolute Gasteiger partial charge is 0.371 e. The SMILES string of the molecule is N#Cc1cnc(N2CCOC3(CCCCCC3)C2)cn1. The van der Waals surface area contributed by atoms with Crippen molar-refractivity contribution in [3.8, 4) is 6.07 Å². The minimum absolute atomic E-state index is 0.00430. The zero-order chi connectivity index (χ0) is 13.8. The minimum Gasteiger partial charge on any atom is -0.371 e. The fourth-order valence-corrected chi connectivity index (χ4v) is 3.26. The fraction of sp³-hybridized carbons (Fsp3) is 0.667. The second-order valence-corrected chi connectivity index (χ2v) is 5.74. The van der Waals surface area contributed by atoms with Gasteiger partial charge in [-0.1, -0.05) is 25.7 Å². The molecule has 0 radical (unpaired) electrons. The van der Waals surface area contributed by atoms with Crippen molar-refractivity contribution >= 4 is 5.82 Å². The Morgan fingerprint density at radius 3 is 2.60 bits per heavy atom. The third-order valence-electron chi connectivity index (χ3n) is 4.34. The van der Waals surface area contributed by atoms with E-state index in [0.29, 0.717) is 5.69 Å². The van der Waals surface area contributed by atoms with Crippen molar-refractivity contribution in [1.29, 1.82) is 5.26 Å². The van der Waals surface area contributed by atoms with E-state index >= 15 is 0 Å². The molecule has 5 nitrogen and oxygen atoms in total. The van der Waals surface area contributed by atoms with Crippen molar-refractivity contribution in [2.45, 2.75) is 44.1 Å². The van der Waals surface area contributed by atoms with E-state index < -0.39 is 0 Å². The second-order valence-electron chi connectivity index (χ2n) is 5.74. The zero-order valence-electron chi connectivity index (χ0n) is 11.7. The topological polar surface area (TPSA) is 62.0 Å². The lowest BCUT2D eigenvalue weighted by molar-refractivity contribution is -0.0654. The molecule has 2 aliphatic rings. The summed E-state index contributed by atoms with van der Waals surface area (Å²) in [4.78, 5) is 10.7. The highest BCUT2D eigenvalue weighted by Crippen LogP contribution is 2.34. The molecule has 1 saturated heterocycles. The number of ether oxygens (including phenoxy) is 1. The van der Waals surface area contributed by atoms with Gasteiger partial charge in [0.25, 0.3) is 0 Å². The Hall–Kier alpha value is -1.67. The van der Waals surface area contributed by atoms with Crippen LogP contribution >= 0.6 is 0 Å². The monoisotopic (exact) mass is 272 g/mol. The van der Waals surface area contributed by atoms with Gasteiger partial charge in [-0.05, 0) is 12.8 Å². The summed E-state index contributed by atoms with van der Waals surface area (Å²) in [6.07, 6.45) is 10.7. The van der Waals surface area contributed by atoms with Crippen molar-refractivity contribution in [3.05, 3.63) is 18.1 Å². The maximum absolute atomic E-state index is 8.78. The van der Waals surface area contributed by atoms with Crippen molar-refractivity contribution in [2.24, 2.45) is 0 Å². The second kappa shape index (κ2) is 5.76. The molecule has 3 rings (SSSR count). The third-order valence-corrected chi connectivity index (χ3v) is 4.34. The highest BCUT2D eigenvalue weighted by Gasteiger charge is 2.37. The molecule has 0 unspecified atom stereocenters. The van der Waals surface area contributed by atoms with Crippen LogP contribution in [0.25, 0.3) is 0 Å². The number of hydrogen-bond donors (Lipinski definition) is 0. The van der Waals surface area contributed by atoms with Crippen LogP contribution in [0.3, 0.4) is 0 Å². The van der Waals surface area contributed by atoms with Gasteiger partial charge in [0.2, 0.25) is 0 Å². The van der Waals surface area contributed by atoms with E-state index in [9.17, 15) is 0 Å². The number of nitriles is 1. The Bertz CT molecular complexity index is 486. The molecule has 5 heteroatoms. The Kier molecular flexibility index (Phi) is 3.83. The molecule has 2 heterocycles. The zero-order valence-corrected chi connectivity index (χ0v) is 11.7.